The van der Waals surface area contributed by atoms with Crippen LogP contribution >= 0.6 is 23.2 Å². The average Bonchev–Trinajstić information content (AvgIpc) is 1.88. The van der Waals surface area contributed by atoms with Crippen molar-refractivity contribution in [3.63, 3.8) is 0 Å². The van der Waals surface area contributed by atoms with Gasteiger partial charge in [-0.25, -0.2) is 0 Å². The molecule has 0 aliphatic rings. The van der Waals surface area contributed by atoms with Crippen molar-refractivity contribution in [2.75, 3.05) is 0 Å². The number of hydrogen-bond donors (Lipinski definition) is 1. The van der Waals surface area contributed by atoms with Crippen LogP contribution in [0.15, 0.2) is 30.3 Å². The van der Waals surface area contributed by atoms with Crippen LogP contribution in [-0.4, -0.2) is 14.0 Å². The van der Waals surface area contributed by atoms with E-state index in [4.69, 9.17) is 23.2 Å². The zero-order valence-electron chi connectivity index (χ0n) is 6.13. The van der Waals surface area contributed by atoms with Gasteiger partial charge < -0.3 is 6.15 Å². The maximum Gasteiger partial charge on any atom is 0.0957 e. The van der Waals surface area contributed by atoms with Crippen LogP contribution in [0.3, 0.4) is 0 Å². The summed E-state index contributed by atoms with van der Waals surface area (Å²) in [6.45, 7) is 0. The van der Waals surface area contributed by atoms with E-state index in [2.05, 4.69) is 12.1 Å². The molecule has 4 heteroatoms. The molecule has 0 bridgehead atoms. The molecule has 0 fully saturated rings. The monoisotopic (exact) mass is 207 g/mol. The molecule has 0 radical (unpaired) electrons. The minimum atomic E-state index is -0.446. The fraction of sp³-hybridized carbons (Fsp3) is 0.143. The van der Waals surface area contributed by atoms with Crippen LogP contribution in [0.2, 0.25) is 0 Å². The molecule has 0 aliphatic carbocycles. The van der Waals surface area contributed by atoms with Gasteiger partial charge in [-0.3, -0.25) is 0 Å². The average molecular weight is 208 g/mol. The van der Waals surface area contributed by atoms with Gasteiger partial charge in [0.15, 0.2) is 0 Å². The van der Waals surface area contributed by atoms with Gasteiger partial charge in [0.05, 0.1) is 14.0 Å². The number of benzene rings is 1. The number of alkyl halides is 2. The van der Waals surface area contributed by atoms with Gasteiger partial charge in [0.2, 0.25) is 0 Å². The van der Waals surface area contributed by atoms with Crippen molar-refractivity contribution in [3.8, 4) is 0 Å². The number of hydrogen-bond acceptors (Lipinski definition) is 1. The summed E-state index contributed by atoms with van der Waals surface area (Å²) in [4.78, 5) is 0. The van der Waals surface area contributed by atoms with E-state index in [9.17, 15) is 0 Å². The zero-order chi connectivity index (χ0) is 7.40. The molecule has 1 nitrogen and oxygen atoms in total. The first-order valence-electron chi connectivity index (χ1n) is 3.11. The summed E-state index contributed by atoms with van der Waals surface area (Å²) in [5, 5.41) is 1.32. The molecule has 1 aromatic rings. The van der Waals surface area contributed by atoms with E-state index in [0.29, 0.717) is 0 Å². The highest BCUT2D eigenvalue weighted by molar-refractivity contribution is 6.75. The van der Waals surface area contributed by atoms with Gasteiger partial charge in [0.1, 0.15) is 0 Å². The summed E-state index contributed by atoms with van der Waals surface area (Å²) in [6.07, 6.45) is 0. The Balaban J connectivity index is 0.000001000. The molecule has 11 heavy (non-hydrogen) atoms. The lowest BCUT2D eigenvalue weighted by atomic mass is 10.4. The molecule has 0 amide bonds. The third-order valence-electron chi connectivity index (χ3n) is 1.23. The van der Waals surface area contributed by atoms with Crippen LogP contribution in [0.5, 0.6) is 0 Å². The van der Waals surface area contributed by atoms with E-state index >= 15 is 0 Å². The van der Waals surface area contributed by atoms with Gasteiger partial charge in [-0.05, 0) is 0 Å². The molecule has 0 saturated heterocycles. The van der Waals surface area contributed by atoms with Crippen molar-refractivity contribution in [2.45, 2.75) is 4.46 Å². The van der Waals surface area contributed by atoms with Gasteiger partial charge in [-0.2, -0.15) is 0 Å². The topological polar surface area (TPSA) is 35.0 Å². The standard InChI is InChI=1S/C7H8Cl2Si.H3N/c8-7(9)10-6-4-2-1-3-5-6;/h1-5,7H,10H2;1H3. The Bertz CT molecular complexity index is 191. The van der Waals surface area contributed by atoms with E-state index < -0.39 is 9.52 Å². The van der Waals surface area contributed by atoms with Crippen molar-refractivity contribution in [1.29, 1.82) is 0 Å². The van der Waals surface area contributed by atoms with Gasteiger partial charge in [-0.15, -0.1) is 23.2 Å². The van der Waals surface area contributed by atoms with Gasteiger partial charge in [0, 0.05) is 0 Å². The van der Waals surface area contributed by atoms with Crippen LogP contribution < -0.4 is 11.3 Å². The van der Waals surface area contributed by atoms with Gasteiger partial charge in [-0.1, -0.05) is 35.5 Å². The largest absolute Gasteiger partial charge is 0.344 e. The maximum atomic E-state index is 5.64. The van der Waals surface area contributed by atoms with E-state index in [0.717, 1.165) is 0 Å². The molecular formula is C7H11Cl2NSi. The zero-order valence-corrected chi connectivity index (χ0v) is 9.06. The van der Waals surface area contributed by atoms with E-state index in [1.54, 1.807) is 0 Å². The predicted molar refractivity (Wildman–Crippen MR) is 55.1 cm³/mol. The Kier molecular flexibility index (Phi) is 5.59. The van der Waals surface area contributed by atoms with Crippen molar-refractivity contribution in [3.05, 3.63) is 30.3 Å². The summed E-state index contributed by atoms with van der Waals surface area (Å²) < 4.78 is -0.151. The molecule has 0 unspecified atom stereocenters. The predicted octanol–water partition coefficient (Wildman–Crippen LogP) is 1.40. The lowest BCUT2D eigenvalue weighted by molar-refractivity contribution is 1.75. The van der Waals surface area contributed by atoms with Crippen molar-refractivity contribution in [1.82, 2.24) is 6.15 Å². The minimum Gasteiger partial charge on any atom is -0.344 e. The van der Waals surface area contributed by atoms with E-state index in [-0.39, 0.29) is 10.6 Å². The molecule has 0 atom stereocenters. The SMILES string of the molecule is ClC(Cl)[SiH2]c1ccccc1.N. The summed E-state index contributed by atoms with van der Waals surface area (Å²) >= 11 is 11.3. The van der Waals surface area contributed by atoms with Crippen LogP contribution in [0.4, 0.5) is 0 Å². The first kappa shape index (κ1) is 11.0. The molecule has 0 aromatic heterocycles. The normalized spacial score (nSPS) is 10.5. The van der Waals surface area contributed by atoms with Crippen LogP contribution in [0, 0.1) is 0 Å². The van der Waals surface area contributed by atoms with Crippen LogP contribution in [-0.2, 0) is 0 Å². The second kappa shape index (κ2) is 5.60. The Morgan fingerprint density at radius 3 is 2.09 bits per heavy atom. The first-order valence-corrected chi connectivity index (χ1v) is 5.51. The number of halogens is 2. The van der Waals surface area contributed by atoms with Gasteiger partial charge in [0.25, 0.3) is 0 Å². The Morgan fingerprint density at radius 2 is 1.64 bits per heavy atom. The van der Waals surface area contributed by atoms with Crippen molar-refractivity contribution >= 4 is 37.9 Å². The lowest BCUT2D eigenvalue weighted by Gasteiger charge is -1.97. The highest BCUT2D eigenvalue weighted by Gasteiger charge is 1.99. The highest BCUT2D eigenvalue weighted by Crippen LogP contribution is 1.97. The van der Waals surface area contributed by atoms with Gasteiger partial charge >= 0.3 is 0 Å². The minimum absolute atomic E-state index is 0. The molecule has 1 aromatic carbocycles. The van der Waals surface area contributed by atoms with Crippen molar-refractivity contribution < 1.29 is 0 Å². The molecule has 0 saturated carbocycles. The Morgan fingerprint density at radius 1 is 1.09 bits per heavy atom. The Labute approximate surface area is 79.1 Å². The highest BCUT2D eigenvalue weighted by atomic mass is 35.5. The fourth-order valence-electron chi connectivity index (χ4n) is 0.792. The fourth-order valence-corrected chi connectivity index (χ4v) is 2.76. The second-order valence-electron chi connectivity index (χ2n) is 2.08. The van der Waals surface area contributed by atoms with Crippen LogP contribution in [0.1, 0.15) is 0 Å². The molecular weight excluding hydrogens is 197 g/mol. The molecule has 3 N–H and O–H groups in total. The third kappa shape index (κ3) is 4.43. The van der Waals surface area contributed by atoms with Crippen LogP contribution in [0.25, 0.3) is 0 Å². The Hall–Kier alpha value is -0.0231. The second-order valence-corrected chi connectivity index (χ2v) is 6.43. The quantitative estimate of drug-likeness (QED) is 0.578. The third-order valence-corrected chi connectivity index (χ3v) is 3.41. The molecule has 0 aliphatic heterocycles. The van der Waals surface area contributed by atoms with Crippen molar-refractivity contribution in [2.24, 2.45) is 0 Å². The molecule has 0 spiro atoms. The lowest BCUT2D eigenvalue weighted by Crippen LogP contribution is -2.19. The molecule has 0 heterocycles. The first-order chi connectivity index (χ1) is 4.79. The van der Waals surface area contributed by atoms with E-state index in [1.165, 1.54) is 5.19 Å². The van der Waals surface area contributed by atoms with E-state index in [1.807, 2.05) is 18.2 Å². The molecule has 1 rings (SSSR count). The summed E-state index contributed by atoms with van der Waals surface area (Å²) in [7, 11) is -0.446. The summed E-state index contributed by atoms with van der Waals surface area (Å²) in [5.41, 5.74) is 0. The summed E-state index contributed by atoms with van der Waals surface area (Å²) in [5.74, 6) is 0. The molecule has 62 valence electrons. The summed E-state index contributed by atoms with van der Waals surface area (Å²) in [6, 6.07) is 10.2. The number of rotatable bonds is 2. The maximum absolute atomic E-state index is 5.64. The smallest absolute Gasteiger partial charge is 0.0957 e.